The Morgan fingerprint density at radius 1 is 0.792 bits per heavy atom. The number of rotatable bonds is 3. The lowest BCUT2D eigenvalue weighted by Gasteiger charge is -2.18. The van der Waals surface area contributed by atoms with Crippen molar-refractivity contribution >= 4 is 27.6 Å². The van der Waals surface area contributed by atoms with Gasteiger partial charge in [-0.15, -0.1) is 0 Å². The summed E-state index contributed by atoms with van der Waals surface area (Å²) in [5.74, 6) is 0. The van der Waals surface area contributed by atoms with Crippen LogP contribution in [0.3, 0.4) is 0 Å². The fourth-order valence-corrected chi connectivity index (χ4v) is 3.52. The summed E-state index contributed by atoms with van der Waals surface area (Å²) in [6, 6.07) is 23.4. The Kier molecular flexibility index (Phi) is 5.01. The standard InChI is InChI=1S/C23H21Br/c1-16-14-17(2)23(24)18(3)22(16)21(20-12-8-5-9-13-20)15-19-10-6-4-7-11-19/h4-15H,1-3H3. The largest absolute Gasteiger partial charge is 0.0622 e. The van der Waals surface area contributed by atoms with Gasteiger partial charge in [0.05, 0.1) is 0 Å². The van der Waals surface area contributed by atoms with Crippen molar-refractivity contribution in [2.45, 2.75) is 20.8 Å². The van der Waals surface area contributed by atoms with Crippen molar-refractivity contribution in [2.24, 2.45) is 0 Å². The molecule has 0 aliphatic rings. The molecule has 0 aliphatic heterocycles. The van der Waals surface area contributed by atoms with Gasteiger partial charge in [0.2, 0.25) is 0 Å². The van der Waals surface area contributed by atoms with E-state index in [4.69, 9.17) is 0 Å². The Labute approximate surface area is 153 Å². The van der Waals surface area contributed by atoms with E-state index in [1.165, 1.54) is 43.4 Å². The molecule has 24 heavy (non-hydrogen) atoms. The average Bonchev–Trinajstić information content (AvgIpc) is 2.60. The van der Waals surface area contributed by atoms with Crippen LogP contribution >= 0.6 is 15.9 Å². The Morgan fingerprint density at radius 2 is 1.38 bits per heavy atom. The van der Waals surface area contributed by atoms with Gasteiger partial charge < -0.3 is 0 Å². The summed E-state index contributed by atoms with van der Waals surface area (Å²) in [6.45, 7) is 6.54. The fourth-order valence-electron chi connectivity index (χ4n) is 3.21. The number of benzene rings is 3. The van der Waals surface area contributed by atoms with Crippen LogP contribution in [0.4, 0.5) is 0 Å². The maximum Gasteiger partial charge on any atom is 0.0240 e. The average molecular weight is 377 g/mol. The second-order valence-corrected chi connectivity index (χ2v) is 6.95. The molecule has 3 aromatic carbocycles. The first-order valence-corrected chi connectivity index (χ1v) is 8.96. The first-order valence-electron chi connectivity index (χ1n) is 8.17. The maximum atomic E-state index is 3.76. The van der Waals surface area contributed by atoms with E-state index < -0.39 is 0 Å². The molecule has 0 bridgehead atoms. The van der Waals surface area contributed by atoms with Crippen LogP contribution < -0.4 is 0 Å². The number of halogens is 1. The van der Waals surface area contributed by atoms with E-state index >= 15 is 0 Å². The zero-order valence-electron chi connectivity index (χ0n) is 14.3. The number of hydrogen-bond donors (Lipinski definition) is 0. The third-order valence-corrected chi connectivity index (χ3v) is 5.56. The van der Waals surface area contributed by atoms with Crippen molar-refractivity contribution in [2.75, 3.05) is 0 Å². The summed E-state index contributed by atoms with van der Waals surface area (Å²) in [6.07, 6.45) is 2.28. The van der Waals surface area contributed by atoms with E-state index in [-0.39, 0.29) is 0 Å². The number of aryl methyl sites for hydroxylation is 2. The van der Waals surface area contributed by atoms with E-state index in [1.54, 1.807) is 0 Å². The predicted molar refractivity (Wildman–Crippen MR) is 108 cm³/mol. The molecule has 0 saturated carbocycles. The van der Waals surface area contributed by atoms with E-state index in [9.17, 15) is 0 Å². The lowest BCUT2D eigenvalue weighted by Crippen LogP contribution is -1.98. The molecular weight excluding hydrogens is 356 g/mol. The van der Waals surface area contributed by atoms with Crippen LogP contribution in [0.15, 0.2) is 71.2 Å². The minimum atomic E-state index is 1.19. The first-order chi connectivity index (χ1) is 11.6. The van der Waals surface area contributed by atoms with Crippen molar-refractivity contribution in [1.82, 2.24) is 0 Å². The van der Waals surface area contributed by atoms with E-state index in [2.05, 4.69) is 110 Å². The van der Waals surface area contributed by atoms with Gasteiger partial charge in [0, 0.05) is 4.47 Å². The molecule has 0 N–H and O–H groups in total. The SMILES string of the molecule is Cc1cc(C)c(C(=Cc2ccccc2)c2ccccc2)c(C)c1Br. The van der Waals surface area contributed by atoms with E-state index in [1.807, 2.05) is 0 Å². The molecule has 3 aromatic rings. The van der Waals surface area contributed by atoms with Crippen molar-refractivity contribution in [1.29, 1.82) is 0 Å². The molecule has 0 aromatic heterocycles. The van der Waals surface area contributed by atoms with Crippen LogP contribution in [0.1, 0.15) is 33.4 Å². The molecule has 0 heterocycles. The minimum absolute atomic E-state index is 1.19. The van der Waals surface area contributed by atoms with Gasteiger partial charge in [-0.25, -0.2) is 0 Å². The van der Waals surface area contributed by atoms with Crippen molar-refractivity contribution in [3.8, 4) is 0 Å². The monoisotopic (exact) mass is 376 g/mol. The van der Waals surface area contributed by atoms with Gasteiger partial charge in [0.1, 0.15) is 0 Å². The van der Waals surface area contributed by atoms with Crippen LogP contribution in [0.5, 0.6) is 0 Å². The zero-order valence-corrected chi connectivity index (χ0v) is 15.9. The molecule has 0 fully saturated rings. The highest BCUT2D eigenvalue weighted by Gasteiger charge is 2.14. The van der Waals surface area contributed by atoms with Crippen molar-refractivity contribution in [3.05, 3.63) is 105 Å². The molecule has 1 heteroatoms. The molecule has 0 saturated heterocycles. The Hall–Kier alpha value is -2.12. The molecule has 0 atom stereocenters. The van der Waals surface area contributed by atoms with E-state index in [0.717, 1.165) is 0 Å². The van der Waals surface area contributed by atoms with Gasteiger partial charge in [-0.1, -0.05) is 82.7 Å². The molecule has 120 valence electrons. The smallest absolute Gasteiger partial charge is 0.0240 e. The molecule has 0 spiro atoms. The third-order valence-electron chi connectivity index (χ3n) is 4.34. The molecule has 0 aliphatic carbocycles. The molecule has 0 amide bonds. The summed E-state index contributed by atoms with van der Waals surface area (Å²) < 4.78 is 1.19. The van der Waals surface area contributed by atoms with Crippen LogP contribution in [-0.4, -0.2) is 0 Å². The third kappa shape index (κ3) is 3.37. The van der Waals surface area contributed by atoms with Crippen molar-refractivity contribution < 1.29 is 0 Å². The normalized spacial score (nSPS) is 11.6. The van der Waals surface area contributed by atoms with Crippen LogP contribution in [0.2, 0.25) is 0 Å². The minimum Gasteiger partial charge on any atom is -0.0622 e. The van der Waals surface area contributed by atoms with Gasteiger partial charge in [-0.05, 0) is 65.8 Å². The van der Waals surface area contributed by atoms with Gasteiger partial charge in [0.25, 0.3) is 0 Å². The summed E-state index contributed by atoms with van der Waals surface area (Å²) in [5, 5.41) is 0. The Bertz CT molecular complexity index is 875. The molecule has 0 nitrogen and oxygen atoms in total. The van der Waals surface area contributed by atoms with Crippen LogP contribution in [0, 0.1) is 20.8 Å². The summed E-state index contributed by atoms with van der Waals surface area (Å²) in [7, 11) is 0. The summed E-state index contributed by atoms with van der Waals surface area (Å²) in [4.78, 5) is 0. The van der Waals surface area contributed by atoms with Crippen LogP contribution in [-0.2, 0) is 0 Å². The van der Waals surface area contributed by atoms with E-state index in [0.29, 0.717) is 0 Å². The Morgan fingerprint density at radius 3 is 2.00 bits per heavy atom. The lowest BCUT2D eigenvalue weighted by atomic mass is 9.88. The molecule has 3 rings (SSSR count). The molecule has 0 radical (unpaired) electrons. The summed E-state index contributed by atoms with van der Waals surface area (Å²) >= 11 is 3.76. The van der Waals surface area contributed by atoms with Gasteiger partial charge in [0.15, 0.2) is 0 Å². The highest BCUT2D eigenvalue weighted by atomic mass is 79.9. The van der Waals surface area contributed by atoms with Gasteiger partial charge in [-0.3, -0.25) is 0 Å². The zero-order chi connectivity index (χ0) is 17.1. The molecular formula is C23H21Br. The fraction of sp³-hybridized carbons (Fsp3) is 0.130. The van der Waals surface area contributed by atoms with Gasteiger partial charge >= 0.3 is 0 Å². The lowest BCUT2D eigenvalue weighted by molar-refractivity contribution is 1.26. The van der Waals surface area contributed by atoms with Crippen molar-refractivity contribution in [3.63, 3.8) is 0 Å². The second kappa shape index (κ2) is 7.19. The van der Waals surface area contributed by atoms with Gasteiger partial charge in [-0.2, -0.15) is 0 Å². The molecule has 0 unspecified atom stereocenters. The topological polar surface area (TPSA) is 0 Å². The van der Waals surface area contributed by atoms with Crippen LogP contribution in [0.25, 0.3) is 11.6 Å². The highest BCUT2D eigenvalue weighted by molar-refractivity contribution is 9.10. The second-order valence-electron chi connectivity index (χ2n) is 6.16. The highest BCUT2D eigenvalue weighted by Crippen LogP contribution is 2.35. The quantitative estimate of drug-likeness (QED) is 0.433. The predicted octanol–water partition coefficient (Wildman–Crippen LogP) is 6.96. The number of hydrogen-bond acceptors (Lipinski definition) is 0. The maximum absolute atomic E-state index is 3.76. The summed E-state index contributed by atoms with van der Waals surface area (Å²) in [5.41, 5.74) is 8.90. The Balaban J connectivity index is 2.28. The first kappa shape index (κ1) is 16.7.